The zero-order chi connectivity index (χ0) is 15.8. The van der Waals surface area contributed by atoms with Crippen molar-refractivity contribution in [2.24, 2.45) is 7.05 Å². The average Bonchev–Trinajstić information content (AvgIpc) is 3.18. The molecule has 0 saturated carbocycles. The quantitative estimate of drug-likeness (QED) is 0.806. The SMILES string of the molecule is Cn1ncc2c(Nc3cccc(F)c3)nc(N3CCCC3)nc21. The zero-order valence-corrected chi connectivity index (χ0v) is 12.8. The van der Waals surface area contributed by atoms with Crippen LogP contribution < -0.4 is 10.2 Å². The lowest BCUT2D eigenvalue weighted by Gasteiger charge is -2.17. The molecule has 118 valence electrons. The number of benzene rings is 1. The molecular weight excluding hydrogens is 295 g/mol. The van der Waals surface area contributed by atoms with Crippen LogP contribution in [-0.2, 0) is 7.05 Å². The maximum atomic E-state index is 13.4. The van der Waals surface area contributed by atoms with E-state index < -0.39 is 0 Å². The highest BCUT2D eigenvalue weighted by Crippen LogP contribution is 2.27. The molecule has 0 radical (unpaired) electrons. The third-order valence-corrected chi connectivity index (χ3v) is 4.06. The summed E-state index contributed by atoms with van der Waals surface area (Å²) in [5.74, 6) is 1.05. The molecule has 0 bridgehead atoms. The molecule has 0 atom stereocenters. The predicted octanol–water partition coefficient (Wildman–Crippen LogP) is 2.85. The van der Waals surface area contributed by atoms with Gasteiger partial charge in [0.2, 0.25) is 5.95 Å². The molecule has 6 nitrogen and oxygen atoms in total. The van der Waals surface area contributed by atoms with Crippen LogP contribution in [0.5, 0.6) is 0 Å². The van der Waals surface area contributed by atoms with Crippen molar-refractivity contribution < 1.29 is 4.39 Å². The molecule has 4 rings (SSSR count). The second-order valence-corrected chi connectivity index (χ2v) is 5.71. The highest BCUT2D eigenvalue weighted by Gasteiger charge is 2.19. The van der Waals surface area contributed by atoms with Crippen LogP contribution in [0.1, 0.15) is 12.8 Å². The Labute approximate surface area is 133 Å². The third kappa shape index (κ3) is 2.58. The minimum atomic E-state index is -0.286. The standard InChI is InChI=1S/C16H17FN6/c1-22-15-13(10-18-22)14(19-12-6-4-5-11(17)9-12)20-16(21-15)23-7-2-3-8-23/h4-6,9-10H,2-3,7-8H2,1H3,(H,19,20,21). The topological polar surface area (TPSA) is 58.9 Å². The first-order valence-electron chi connectivity index (χ1n) is 7.68. The molecule has 2 aromatic heterocycles. The van der Waals surface area contributed by atoms with Crippen LogP contribution in [0, 0.1) is 5.82 Å². The Morgan fingerprint density at radius 1 is 1.17 bits per heavy atom. The van der Waals surface area contributed by atoms with Gasteiger partial charge in [0, 0.05) is 25.8 Å². The molecule has 1 N–H and O–H groups in total. The van der Waals surface area contributed by atoms with E-state index in [4.69, 9.17) is 0 Å². The van der Waals surface area contributed by atoms with Gasteiger partial charge in [0.25, 0.3) is 0 Å². The lowest BCUT2D eigenvalue weighted by molar-refractivity contribution is 0.628. The Hall–Kier alpha value is -2.70. The molecule has 0 aliphatic carbocycles. The van der Waals surface area contributed by atoms with Crippen molar-refractivity contribution in [1.29, 1.82) is 0 Å². The first-order valence-corrected chi connectivity index (χ1v) is 7.68. The number of aryl methyl sites for hydroxylation is 1. The Kier molecular flexibility index (Phi) is 3.33. The van der Waals surface area contributed by atoms with Gasteiger partial charge in [-0.15, -0.1) is 0 Å². The van der Waals surface area contributed by atoms with Gasteiger partial charge in [-0.05, 0) is 31.0 Å². The van der Waals surface area contributed by atoms with E-state index in [-0.39, 0.29) is 5.82 Å². The van der Waals surface area contributed by atoms with Gasteiger partial charge in [0.1, 0.15) is 11.6 Å². The molecule has 0 amide bonds. The van der Waals surface area contributed by atoms with Crippen LogP contribution in [0.4, 0.5) is 21.8 Å². The van der Waals surface area contributed by atoms with Crippen molar-refractivity contribution in [2.45, 2.75) is 12.8 Å². The van der Waals surface area contributed by atoms with Crippen molar-refractivity contribution in [2.75, 3.05) is 23.3 Å². The van der Waals surface area contributed by atoms with E-state index in [1.54, 1.807) is 16.9 Å². The number of nitrogens with zero attached hydrogens (tertiary/aromatic N) is 5. The van der Waals surface area contributed by atoms with Crippen LogP contribution in [-0.4, -0.2) is 32.8 Å². The fourth-order valence-electron chi connectivity index (χ4n) is 2.87. The Bertz CT molecular complexity index is 853. The van der Waals surface area contributed by atoms with Gasteiger partial charge in [-0.3, -0.25) is 4.68 Å². The van der Waals surface area contributed by atoms with E-state index in [9.17, 15) is 4.39 Å². The van der Waals surface area contributed by atoms with Crippen molar-refractivity contribution in [3.63, 3.8) is 0 Å². The number of anilines is 3. The molecule has 3 heterocycles. The van der Waals surface area contributed by atoms with Crippen molar-refractivity contribution >= 4 is 28.5 Å². The van der Waals surface area contributed by atoms with Gasteiger partial charge in [0.05, 0.1) is 11.6 Å². The summed E-state index contributed by atoms with van der Waals surface area (Å²) >= 11 is 0. The fraction of sp³-hybridized carbons (Fsp3) is 0.312. The number of hydrogen-bond donors (Lipinski definition) is 1. The summed E-state index contributed by atoms with van der Waals surface area (Å²) in [6, 6.07) is 6.34. The van der Waals surface area contributed by atoms with Crippen LogP contribution in [0.3, 0.4) is 0 Å². The lowest BCUT2D eigenvalue weighted by Crippen LogP contribution is -2.21. The number of rotatable bonds is 3. The second kappa shape index (κ2) is 5.49. The summed E-state index contributed by atoms with van der Waals surface area (Å²) in [4.78, 5) is 11.5. The molecule has 0 spiro atoms. The van der Waals surface area contributed by atoms with E-state index >= 15 is 0 Å². The summed E-state index contributed by atoms with van der Waals surface area (Å²) in [6.45, 7) is 1.92. The van der Waals surface area contributed by atoms with Gasteiger partial charge in [-0.1, -0.05) is 6.07 Å². The fourth-order valence-corrected chi connectivity index (χ4v) is 2.87. The number of fused-ring (bicyclic) bond motifs is 1. The van der Waals surface area contributed by atoms with E-state index in [0.29, 0.717) is 17.5 Å². The normalized spacial score (nSPS) is 14.6. The Morgan fingerprint density at radius 2 is 2.00 bits per heavy atom. The van der Waals surface area contributed by atoms with Gasteiger partial charge in [0.15, 0.2) is 5.65 Å². The van der Waals surface area contributed by atoms with E-state index in [1.165, 1.54) is 12.1 Å². The first-order chi connectivity index (χ1) is 11.2. The Balaban J connectivity index is 1.80. The average molecular weight is 312 g/mol. The molecule has 1 aliphatic heterocycles. The smallest absolute Gasteiger partial charge is 0.229 e. The molecule has 0 unspecified atom stereocenters. The molecular formula is C16H17FN6. The summed E-state index contributed by atoms with van der Waals surface area (Å²) in [6.07, 6.45) is 4.03. The molecule has 7 heteroatoms. The summed E-state index contributed by atoms with van der Waals surface area (Å²) < 4.78 is 15.1. The summed E-state index contributed by atoms with van der Waals surface area (Å²) in [7, 11) is 1.86. The molecule has 23 heavy (non-hydrogen) atoms. The van der Waals surface area contributed by atoms with Crippen molar-refractivity contribution in [3.8, 4) is 0 Å². The Morgan fingerprint density at radius 3 is 2.78 bits per heavy atom. The van der Waals surface area contributed by atoms with Crippen LogP contribution in [0.15, 0.2) is 30.5 Å². The maximum Gasteiger partial charge on any atom is 0.229 e. The highest BCUT2D eigenvalue weighted by molar-refractivity contribution is 5.89. The summed E-state index contributed by atoms with van der Waals surface area (Å²) in [5.41, 5.74) is 1.42. The predicted molar refractivity (Wildman–Crippen MR) is 87.4 cm³/mol. The van der Waals surface area contributed by atoms with Crippen molar-refractivity contribution in [1.82, 2.24) is 19.7 Å². The monoisotopic (exact) mass is 312 g/mol. The van der Waals surface area contributed by atoms with Gasteiger partial charge >= 0.3 is 0 Å². The number of nitrogens with one attached hydrogen (secondary N) is 1. The number of aromatic nitrogens is 4. The first kappa shape index (κ1) is 13.9. The molecule has 3 aromatic rings. The third-order valence-electron chi connectivity index (χ3n) is 4.06. The molecule has 1 aliphatic rings. The molecule has 1 aromatic carbocycles. The van der Waals surface area contributed by atoms with Gasteiger partial charge < -0.3 is 10.2 Å². The number of hydrogen-bond acceptors (Lipinski definition) is 5. The summed E-state index contributed by atoms with van der Waals surface area (Å²) in [5, 5.41) is 8.28. The highest BCUT2D eigenvalue weighted by atomic mass is 19.1. The van der Waals surface area contributed by atoms with E-state index in [2.05, 4.69) is 25.3 Å². The molecule has 1 fully saturated rings. The molecule has 1 saturated heterocycles. The van der Waals surface area contributed by atoms with E-state index in [1.807, 2.05) is 13.1 Å². The van der Waals surface area contributed by atoms with Gasteiger partial charge in [-0.2, -0.15) is 15.1 Å². The van der Waals surface area contributed by atoms with Crippen molar-refractivity contribution in [3.05, 3.63) is 36.3 Å². The largest absolute Gasteiger partial charge is 0.341 e. The minimum Gasteiger partial charge on any atom is -0.341 e. The lowest BCUT2D eigenvalue weighted by atomic mass is 10.3. The van der Waals surface area contributed by atoms with Crippen LogP contribution in [0.25, 0.3) is 11.0 Å². The number of halogens is 1. The second-order valence-electron chi connectivity index (χ2n) is 5.71. The maximum absolute atomic E-state index is 13.4. The van der Waals surface area contributed by atoms with Gasteiger partial charge in [-0.25, -0.2) is 4.39 Å². The van der Waals surface area contributed by atoms with Crippen LogP contribution in [0.2, 0.25) is 0 Å². The minimum absolute atomic E-state index is 0.286. The van der Waals surface area contributed by atoms with Crippen LogP contribution >= 0.6 is 0 Å². The zero-order valence-electron chi connectivity index (χ0n) is 12.8. The van der Waals surface area contributed by atoms with E-state index in [0.717, 1.165) is 37.0 Å².